The van der Waals surface area contributed by atoms with Gasteiger partial charge in [0, 0.05) is 9.75 Å². The Balaban J connectivity index is 2.69. The molecule has 90 valence electrons. The van der Waals surface area contributed by atoms with Gasteiger partial charge in [0.2, 0.25) is 6.17 Å². The van der Waals surface area contributed by atoms with E-state index in [9.17, 15) is 9.18 Å². The van der Waals surface area contributed by atoms with Crippen molar-refractivity contribution < 1.29 is 13.9 Å². The SMILES string of the molecule is CCOC(=O)C(F)[C@@H](N)c1ccc(CC)s1. The fourth-order valence-electron chi connectivity index (χ4n) is 1.28. The summed E-state index contributed by atoms with van der Waals surface area (Å²) in [6, 6.07) is 2.74. The largest absolute Gasteiger partial charge is 0.464 e. The highest BCUT2D eigenvalue weighted by Gasteiger charge is 2.28. The van der Waals surface area contributed by atoms with E-state index < -0.39 is 18.2 Å². The van der Waals surface area contributed by atoms with Crippen molar-refractivity contribution in [3.8, 4) is 0 Å². The van der Waals surface area contributed by atoms with Crippen LogP contribution in [0.15, 0.2) is 12.1 Å². The Kier molecular flexibility index (Phi) is 4.89. The van der Waals surface area contributed by atoms with Gasteiger partial charge in [0.05, 0.1) is 12.6 Å². The number of hydrogen-bond donors (Lipinski definition) is 1. The van der Waals surface area contributed by atoms with E-state index in [4.69, 9.17) is 5.73 Å². The molecule has 0 saturated carbocycles. The summed E-state index contributed by atoms with van der Waals surface area (Å²) in [5, 5.41) is 0. The molecule has 1 unspecified atom stereocenters. The number of carbonyl (C=O) groups is 1. The molecule has 0 amide bonds. The second-order valence-corrected chi connectivity index (χ2v) is 4.54. The second kappa shape index (κ2) is 5.96. The fourth-order valence-corrected chi connectivity index (χ4v) is 2.25. The Labute approximate surface area is 98.4 Å². The fraction of sp³-hybridized carbons (Fsp3) is 0.545. The lowest BCUT2D eigenvalue weighted by Gasteiger charge is -2.13. The molecule has 0 bridgehead atoms. The molecule has 1 aromatic heterocycles. The lowest BCUT2D eigenvalue weighted by molar-refractivity contribution is -0.149. The van der Waals surface area contributed by atoms with Crippen molar-refractivity contribution in [2.24, 2.45) is 5.73 Å². The van der Waals surface area contributed by atoms with Crippen molar-refractivity contribution in [1.29, 1.82) is 0 Å². The van der Waals surface area contributed by atoms with Gasteiger partial charge in [-0.15, -0.1) is 11.3 Å². The van der Waals surface area contributed by atoms with Crippen LogP contribution >= 0.6 is 11.3 Å². The van der Waals surface area contributed by atoms with Gasteiger partial charge in [0.15, 0.2) is 0 Å². The van der Waals surface area contributed by atoms with Gasteiger partial charge < -0.3 is 10.5 Å². The third kappa shape index (κ3) is 3.02. The van der Waals surface area contributed by atoms with Crippen LogP contribution in [0.1, 0.15) is 29.6 Å². The maximum Gasteiger partial charge on any atom is 0.342 e. The van der Waals surface area contributed by atoms with Crippen LogP contribution in [0.2, 0.25) is 0 Å². The lowest BCUT2D eigenvalue weighted by Crippen LogP contribution is -2.30. The molecule has 0 saturated heterocycles. The smallest absolute Gasteiger partial charge is 0.342 e. The van der Waals surface area contributed by atoms with Crippen molar-refractivity contribution in [2.75, 3.05) is 6.61 Å². The molecule has 2 N–H and O–H groups in total. The number of rotatable bonds is 5. The van der Waals surface area contributed by atoms with E-state index in [0.29, 0.717) is 4.88 Å². The minimum Gasteiger partial charge on any atom is -0.464 e. The van der Waals surface area contributed by atoms with Gasteiger partial charge in [-0.2, -0.15) is 0 Å². The van der Waals surface area contributed by atoms with Crippen LogP contribution in [0.4, 0.5) is 4.39 Å². The maximum atomic E-state index is 13.6. The zero-order valence-corrected chi connectivity index (χ0v) is 10.2. The Bertz CT molecular complexity index is 354. The first-order valence-corrected chi connectivity index (χ1v) is 6.06. The predicted octanol–water partition coefficient (Wildman–Crippen LogP) is 2.21. The number of hydrogen-bond acceptors (Lipinski definition) is 4. The summed E-state index contributed by atoms with van der Waals surface area (Å²) in [5.41, 5.74) is 5.67. The van der Waals surface area contributed by atoms with Gasteiger partial charge in [-0.3, -0.25) is 0 Å². The van der Waals surface area contributed by atoms with Gasteiger partial charge in [0.1, 0.15) is 0 Å². The Morgan fingerprint density at radius 2 is 2.25 bits per heavy atom. The summed E-state index contributed by atoms with van der Waals surface area (Å²) in [6.45, 7) is 3.81. The van der Waals surface area contributed by atoms with E-state index in [1.165, 1.54) is 11.3 Å². The zero-order valence-electron chi connectivity index (χ0n) is 9.40. The molecule has 3 nitrogen and oxygen atoms in total. The number of aryl methyl sites for hydroxylation is 1. The van der Waals surface area contributed by atoms with Crippen LogP contribution in [-0.4, -0.2) is 18.7 Å². The molecular weight excluding hydrogens is 229 g/mol. The predicted molar refractivity (Wildman–Crippen MR) is 62.2 cm³/mol. The number of halogens is 1. The average Bonchev–Trinajstić information content (AvgIpc) is 2.75. The normalized spacial score (nSPS) is 14.5. The van der Waals surface area contributed by atoms with Gasteiger partial charge in [0.25, 0.3) is 0 Å². The van der Waals surface area contributed by atoms with E-state index in [-0.39, 0.29) is 6.61 Å². The highest BCUT2D eigenvalue weighted by Crippen LogP contribution is 2.26. The molecule has 1 rings (SSSR count). The van der Waals surface area contributed by atoms with Crippen molar-refractivity contribution in [3.63, 3.8) is 0 Å². The Hall–Kier alpha value is -0.940. The van der Waals surface area contributed by atoms with Crippen molar-refractivity contribution in [2.45, 2.75) is 32.5 Å². The number of thiophene rings is 1. The molecule has 0 aliphatic rings. The molecule has 2 atom stereocenters. The first-order valence-electron chi connectivity index (χ1n) is 5.25. The van der Waals surface area contributed by atoms with Crippen LogP contribution in [0.25, 0.3) is 0 Å². The van der Waals surface area contributed by atoms with E-state index in [0.717, 1.165) is 11.3 Å². The second-order valence-electron chi connectivity index (χ2n) is 3.34. The lowest BCUT2D eigenvalue weighted by atomic mass is 10.1. The molecule has 0 fully saturated rings. The summed E-state index contributed by atoms with van der Waals surface area (Å²) in [6.07, 6.45) is -0.906. The van der Waals surface area contributed by atoms with Crippen LogP contribution in [-0.2, 0) is 16.0 Å². The number of ether oxygens (including phenoxy) is 1. The maximum absolute atomic E-state index is 13.6. The highest BCUT2D eigenvalue weighted by molar-refractivity contribution is 7.12. The van der Waals surface area contributed by atoms with Crippen LogP contribution in [0, 0.1) is 0 Å². The molecule has 0 aliphatic heterocycles. The molecule has 16 heavy (non-hydrogen) atoms. The summed E-state index contributed by atoms with van der Waals surface area (Å²) >= 11 is 1.43. The molecule has 0 aliphatic carbocycles. The number of esters is 1. The minimum atomic E-state index is -1.79. The van der Waals surface area contributed by atoms with Crippen molar-refractivity contribution >= 4 is 17.3 Å². The highest BCUT2D eigenvalue weighted by atomic mass is 32.1. The average molecular weight is 245 g/mol. The van der Waals surface area contributed by atoms with E-state index >= 15 is 0 Å². The minimum absolute atomic E-state index is 0.163. The van der Waals surface area contributed by atoms with E-state index in [2.05, 4.69) is 4.74 Å². The van der Waals surface area contributed by atoms with Crippen LogP contribution in [0.5, 0.6) is 0 Å². The molecule has 1 heterocycles. The first-order chi connectivity index (χ1) is 7.60. The standard InChI is InChI=1S/C11H16FNO2S/c1-3-7-5-6-8(16-7)10(13)9(12)11(14)15-4-2/h5-6,9-10H,3-4,13H2,1-2H3/t9?,10-/m0/s1. The molecule has 5 heteroatoms. The number of nitrogens with two attached hydrogens (primary N) is 1. The van der Waals surface area contributed by atoms with Crippen LogP contribution in [0.3, 0.4) is 0 Å². The topological polar surface area (TPSA) is 52.3 Å². The Morgan fingerprint density at radius 3 is 2.75 bits per heavy atom. The van der Waals surface area contributed by atoms with Gasteiger partial charge in [-0.25, -0.2) is 9.18 Å². The molecule has 0 spiro atoms. The molecule has 0 radical (unpaired) electrons. The quantitative estimate of drug-likeness (QED) is 0.809. The third-order valence-corrected chi connectivity index (χ3v) is 3.52. The van der Waals surface area contributed by atoms with Gasteiger partial charge in [-0.05, 0) is 25.5 Å². The van der Waals surface area contributed by atoms with Gasteiger partial charge >= 0.3 is 5.97 Å². The number of alkyl halides is 1. The summed E-state index contributed by atoms with van der Waals surface area (Å²) in [4.78, 5) is 13.0. The third-order valence-electron chi connectivity index (χ3n) is 2.19. The van der Waals surface area contributed by atoms with E-state index in [1.807, 2.05) is 13.0 Å². The molecule has 0 aromatic carbocycles. The molecular formula is C11H16FNO2S. The monoisotopic (exact) mass is 245 g/mol. The van der Waals surface area contributed by atoms with Crippen molar-refractivity contribution in [1.82, 2.24) is 0 Å². The van der Waals surface area contributed by atoms with Crippen LogP contribution < -0.4 is 5.73 Å². The number of carbonyl (C=O) groups excluding carboxylic acids is 1. The molecule has 1 aromatic rings. The zero-order chi connectivity index (χ0) is 12.1. The first kappa shape index (κ1) is 13.1. The van der Waals surface area contributed by atoms with E-state index in [1.54, 1.807) is 13.0 Å². The summed E-state index contributed by atoms with van der Waals surface area (Å²) in [7, 11) is 0. The summed E-state index contributed by atoms with van der Waals surface area (Å²) < 4.78 is 18.2. The van der Waals surface area contributed by atoms with Gasteiger partial charge in [-0.1, -0.05) is 6.92 Å². The Morgan fingerprint density at radius 1 is 1.56 bits per heavy atom. The van der Waals surface area contributed by atoms with Crippen molar-refractivity contribution in [3.05, 3.63) is 21.9 Å². The summed E-state index contributed by atoms with van der Waals surface area (Å²) in [5.74, 6) is -0.888.